The van der Waals surface area contributed by atoms with Crippen LogP contribution in [-0.2, 0) is 25.8 Å². The molecule has 1 aliphatic rings. The van der Waals surface area contributed by atoms with Gasteiger partial charge in [-0.3, -0.25) is 14.3 Å². The van der Waals surface area contributed by atoms with Crippen molar-refractivity contribution in [2.24, 2.45) is 5.92 Å². The molecule has 0 amide bonds. The molecule has 0 bridgehead atoms. The van der Waals surface area contributed by atoms with Gasteiger partial charge >= 0.3 is 0 Å². The quantitative estimate of drug-likeness (QED) is 0.620. The highest BCUT2D eigenvalue weighted by molar-refractivity contribution is 7.18. The van der Waals surface area contributed by atoms with Gasteiger partial charge in [0.05, 0.1) is 11.7 Å². The lowest BCUT2D eigenvalue weighted by Gasteiger charge is -2.23. The molecule has 148 valence electrons. The smallest absolute Gasteiger partial charge is 0.262 e. The molecule has 1 unspecified atom stereocenters. The molecule has 3 aromatic rings. The second kappa shape index (κ2) is 8.53. The molecule has 1 atom stereocenters. The van der Waals surface area contributed by atoms with Crippen molar-refractivity contribution in [3.05, 3.63) is 57.2 Å². The molecule has 0 saturated carbocycles. The normalized spacial score (nSPS) is 16.6. The lowest BCUT2D eigenvalue weighted by molar-refractivity contribution is 0.459. The fourth-order valence-corrected chi connectivity index (χ4v) is 5.30. The molecule has 4 rings (SSSR count). The van der Waals surface area contributed by atoms with Crippen LogP contribution in [0.5, 0.6) is 0 Å². The van der Waals surface area contributed by atoms with Crippen molar-refractivity contribution in [1.82, 2.24) is 19.9 Å². The molecule has 1 aliphatic carbocycles. The van der Waals surface area contributed by atoms with E-state index in [-0.39, 0.29) is 5.56 Å². The molecule has 0 radical (unpaired) electrons. The van der Waals surface area contributed by atoms with Gasteiger partial charge in [0.2, 0.25) is 0 Å². The Balaban J connectivity index is 1.40. The average Bonchev–Trinajstić information content (AvgIpc) is 3.06. The number of nitrogens with one attached hydrogen (secondary N) is 1. The second-order valence-electron chi connectivity index (χ2n) is 8.13. The fraction of sp³-hybridized carbons (Fsp3) is 0.500. The summed E-state index contributed by atoms with van der Waals surface area (Å²) >= 11 is 1.71. The number of hydrogen-bond donors (Lipinski definition) is 1. The van der Waals surface area contributed by atoms with E-state index >= 15 is 0 Å². The van der Waals surface area contributed by atoms with Crippen LogP contribution in [0.15, 0.2) is 35.6 Å². The Labute approximate surface area is 169 Å². The molecule has 0 aliphatic heterocycles. The van der Waals surface area contributed by atoms with Crippen molar-refractivity contribution in [1.29, 1.82) is 0 Å². The van der Waals surface area contributed by atoms with Crippen molar-refractivity contribution >= 4 is 21.6 Å². The van der Waals surface area contributed by atoms with Gasteiger partial charge in [0.25, 0.3) is 5.56 Å². The first-order valence-corrected chi connectivity index (χ1v) is 11.1. The van der Waals surface area contributed by atoms with E-state index in [9.17, 15) is 4.79 Å². The molecule has 5 nitrogen and oxygen atoms in total. The molecule has 6 heteroatoms. The predicted molar refractivity (Wildman–Crippen MR) is 115 cm³/mol. The first kappa shape index (κ1) is 19.3. The van der Waals surface area contributed by atoms with Crippen molar-refractivity contribution in [2.75, 3.05) is 6.54 Å². The summed E-state index contributed by atoms with van der Waals surface area (Å²) in [6.45, 7) is 6.01. The van der Waals surface area contributed by atoms with Gasteiger partial charge in [0.1, 0.15) is 4.83 Å². The summed E-state index contributed by atoms with van der Waals surface area (Å²) in [6.07, 6.45) is 10.7. The zero-order valence-corrected chi connectivity index (χ0v) is 17.5. The number of aromatic nitrogens is 3. The average molecular weight is 397 g/mol. The van der Waals surface area contributed by atoms with Gasteiger partial charge in [0.15, 0.2) is 0 Å². The van der Waals surface area contributed by atoms with E-state index in [1.165, 1.54) is 16.0 Å². The molecule has 3 aromatic heterocycles. The molecule has 3 heterocycles. The molecule has 0 spiro atoms. The highest BCUT2D eigenvalue weighted by Crippen LogP contribution is 2.33. The minimum atomic E-state index is 0.139. The SMILES string of the molecule is CC(C)Cn1cnc2sc3c(c2c1=O)CCC(NCCCc1ccncc1)C3. The minimum Gasteiger partial charge on any atom is -0.314 e. The first-order chi connectivity index (χ1) is 13.6. The van der Waals surface area contributed by atoms with Gasteiger partial charge in [-0.1, -0.05) is 13.8 Å². The van der Waals surface area contributed by atoms with E-state index in [1.807, 2.05) is 12.4 Å². The van der Waals surface area contributed by atoms with Crippen LogP contribution in [0.4, 0.5) is 0 Å². The Kier molecular flexibility index (Phi) is 5.87. The zero-order chi connectivity index (χ0) is 19.5. The molecule has 1 N–H and O–H groups in total. The predicted octanol–water partition coefficient (Wildman–Crippen LogP) is 3.59. The fourth-order valence-electron chi connectivity index (χ4n) is 4.05. The largest absolute Gasteiger partial charge is 0.314 e. The van der Waals surface area contributed by atoms with Crippen molar-refractivity contribution in [3.63, 3.8) is 0 Å². The standard InChI is InChI=1S/C22H28N4OS/c1-15(2)13-26-14-25-21-20(22(26)27)18-6-5-17(12-19(18)28-21)24-9-3-4-16-7-10-23-11-8-16/h7-8,10-11,14-15,17,24H,3-6,9,12-13H2,1-2H3. The molecule has 0 aromatic carbocycles. The maximum atomic E-state index is 12.9. The Bertz CT molecular complexity index is 993. The summed E-state index contributed by atoms with van der Waals surface area (Å²) in [5.41, 5.74) is 2.74. The number of rotatable bonds is 7. The second-order valence-corrected chi connectivity index (χ2v) is 9.22. The van der Waals surface area contributed by atoms with E-state index < -0.39 is 0 Å². The molecule has 28 heavy (non-hydrogen) atoms. The summed E-state index contributed by atoms with van der Waals surface area (Å²) in [4.78, 5) is 23.8. The number of hydrogen-bond acceptors (Lipinski definition) is 5. The lowest BCUT2D eigenvalue weighted by Crippen LogP contribution is -2.35. The maximum absolute atomic E-state index is 12.9. The van der Waals surface area contributed by atoms with Crippen LogP contribution in [0.2, 0.25) is 0 Å². The summed E-state index contributed by atoms with van der Waals surface area (Å²) in [6, 6.07) is 4.67. The minimum absolute atomic E-state index is 0.139. The van der Waals surface area contributed by atoms with Gasteiger partial charge in [-0.2, -0.15) is 0 Å². The van der Waals surface area contributed by atoms with Crippen molar-refractivity contribution in [2.45, 2.75) is 58.5 Å². The number of pyridine rings is 1. The maximum Gasteiger partial charge on any atom is 0.262 e. The van der Waals surface area contributed by atoms with Gasteiger partial charge in [-0.15, -0.1) is 11.3 Å². The van der Waals surface area contributed by atoms with Crippen LogP contribution in [0.3, 0.4) is 0 Å². The molecule has 0 saturated heterocycles. The van der Waals surface area contributed by atoms with Crippen molar-refractivity contribution < 1.29 is 0 Å². The topological polar surface area (TPSA) is 59.8 Å². The summed E-state index contributed by atoms with van der Waals surface area (Å²) < 4.78 is 1.78. The molecule has 0 fully saturated rings. The summed E-state index contributed by atoms with van der Waals surface area (Å²) in [5.74, 6) is 0.437. The van der Waals surface area contributed by atoms with E-state index in [4.69, 9.17) is 0 Å². The Hall–Kier alpha value is -2.05. The van der Waals surface area contributed by atoms with Crippen LogP contribution >= 0.6 is 11.3 Å². The lowest BCUT2D eigenvalue weighted by atomic mass is 9.93. The Morgan fingerprint density at radius 2 is 2.14 bits per heavy atom. The van der Waals surface area contributed by atoms with Crippen LogP contribution in [-0.4, -0.2) is 27.1 Å². The monoisotopic (exact) mass is 396 g/mol. The van der Waals surface area contributed by atoms with Gasteiger partial charge in [-0.25, -0.2) is 4.98 Å². The van der Waals surface area contributed by atoms with Crippen LogP contribution in [0, 0.1) is 5.92 Å². The third kappa shape index (κ3) is 4.18. The number of thiophene rings is 1. The zero-order valence-electron chi connectivity index (χ0n) is 16.6. The third-order valence-corrected chi connectivity index (χ3v) is 6.58. The molecular weight excluding hydrogens is 368 g/mol. The van der Waals surface area contributed by atoms with Gasteiger partial charge in [0, 0.05) is 29.9 Å². The number of fused-ring (bicyclic) bond motifs is 3. The molecular formula is C22H28N4OS. The van der Waals surface area contributed by atoms with Gasteiger partial charge < -0.3 is 5.32 Å². The highest BCUT2D eigenvalue weighted by atomic mass is 32.1. The van der Waals surface area contributed by atoms with Gasteiger partial charge in [-0.05, 0) is 67.8 Å². The van der Waals surface area contributed by atoms with Crippen LogP contribution < -0.4 is 10.9 Å². The van der Waals surface area contributed by atoms with Crippen LogP contribution in [0.1, 0.15) is 42.7 Å². The van der Waals surface area contributed by atoms with E-state index in [0.29, 0.717) is 12.0 Å². The number of nitrogens with zero attached hydrogens (tertiary/aromatic N) is 3. The van der Waals surface area contributed by atoms with Crippen molar-refractivity contribution in [3.8, 4) is 0 Å². The highest BCUT2D eigenvalue weighted by Gasteiger charge is 2.25. The van der Waals surface area contributed by atoms with E-state index in [2.05, 4.69) is 41.3 Å². The third-order valence-electron chi connectivity index (χ3n) is 5.42. The summed E-state index contributed by atoms with van der Waals surface area (Å²) in [5, 5.41) is 4.59. The Morgan fingerprint density at radius 3 is 2.93 bits per heavy atom. The van der Waals surface area contributed by atoms with E-state index in [1.54, 1.807) is 22.2 Å². The summed E-state index contributed by atoms with van der Waals surface area (Å²) in [7, 11) is 0. The van der Waals surface area contributed by atoms with E-state index in [0.717, 1.165) is 55.4 Å². The Morgan fingerprint density at radius 1 is 1.32 bits per heavy atom. The first-order valence-electron chi connectivity index (χ1n) is 10.2. The van der Waals surface area contributed by atoms with Crippen LogP contribution in [0.25, 0.3) is 10.2 Å². The number of aryl methyl sites for hydroxylation is 2.